The second kappa shape index (κ2) is 15.9. The van der Waals surface area contributed by atoms with Crippen LogP contribution in [0.2, 0.25) is 0 Å². The fourth-order valence-electron chi connectivity index (χ4n) is 4.41. The van der Waals surface area contributed by atoms with Crippen LogP contribution in [-0.2, 0) is 25.7 Å². The van der Waals surface area contributed by atoms with Gasteiger partial charge in [-0.1, -0.05) is 49.7 Å². The number of aliphatic hydroxyl groups is 2. The predicted molar refractivity (Wildman–Crippen MR) is 150 cm³/mol. The molecule has 1 aliphatic heterocycles. The highest BCUT2D eigenvalue weighted by Crippen LogP contribution is 2.42. The van der Waals surface area contributed by atoms with Gasteiger partial charge in [0.15, 0.2) is 6.29 Å². The smallest absolute Gasteiger partial charge is 0.224 e. The van der Waals surface area contributed by atoms with Gasteiger partial charge in [0.1, 0.15) is 0 Å². The third kappa shape index (κ3) is 9.39. The highest BCUT2D eigenvalue weighted by Gasteiger charge is 2.38. The SMILES string of the molecule is CC(=O)NCCCCCC(=O)Nc1cccc(C2OC(CSCCO)C(C)C(c3ccc(CO)cc3)O2)c1. The molecule has 1 aliphatic rings. The molecule has 0 spiro atoms. The molecule has 1 saturated heterocycles. The van der Waals surface area contributed by atoms with Gasteiger partial charge < -0.3 is 30.3 Å². The highest BCUT2D eigenvalue weighted by atomic mass is 32.2. The first kappa shape index (κ1) is 30.1. The van der Waals surface area contributed by atoms with Gasteiger partial charge >= 0.3 is 0 Å². The summed E-state index contributed by atoms with van der Waals surface area (Å²) in [5.74, 6) is 1.35. The van der Waals surface area contributed by atoms with E-state index in [0.717, 1.165) is 41.7 Å². The molecule has 0 aromatic heterocycles. The molecule has 0 aliphatic carbocycles. The second-order valence-corrected chi connectivity index (χ2v) is 10.7. The molecule has 38 heavy (non-hydrogen) atoms. The van der Waals surface area contributed by atoms with E-state index in [1.165, 1.54) is 6.92 Å². The average molecular weight is 545 g/mol. The molecule has 0 bridgehead atoms. The van der Waals surface area contributed by atoms with Crippen LogP contribution in [0, 0.1) is 5.92 Å². The van der Waals surface area contributed by atoms with Crippen LogP contribution in [0.5, 0.6) is 0 Å². The number of rotatable bonds is 14. The number of ether oxygens (including phenoxy) is 2. The van der Waals surface area contributed by atoms with E-state index in [4.69, 9.17) is 9.47 Å². The van der Waals surface area contributed by atoms with Gasteiger partial charge in [0.2, 0.25) is 11.8 Å². The van der Waals surface area contributed by atoms with Crippen molar-refractivity contribution in [3.05, 3.63) is 65.2 Å². The van der Waals surface area contributed by atoms with Crippen LogP contribution in [0.1, 0.15) is 68.6 Å². The van der Waals surface area contributed by atoms with Crippen molar-refractivity contribution >= 4 is 29.3 Å². The van der Waals surface area contributed by atoms with Gasteiger partial charge in [-0.15, -0.1) is 0 Å². The molecular formula is C29H40N2O6S. The van der Waals surface area contributed by atoms with Gasteiger partial charge in [-0.2, -0.15) is 11.8 Å². The van der Waals surface area contributed by atoms with Crippen LogP contribution >= 0.6 is 11.8 Å². The van der Waals surface area contributed by atoms with Crippen molar-refractivity contribution in [2.45, 2.75) is 64.6 Å². The van der Waals surface area contributed by atoms with Crippen molar-refractivity contribution in [1.82, 2.24) is 5.32 Å². The van der Waals surface area contributed by atoms with Crippen molar-refractivity contribution in [2.75, 3.05) is 30.0 Å². The lowest BCUT2D eigenvalue weighted by molar-refractivity contribution is -0.268. The molecule has 4 atom stereocenters. The molecule has 3 rings (SSSR count). The Morgan fingerprint density at radius 3 is 2.50 bits per heavy atom. The number of hydrogen-bond acceptors (Lipinski definition) is 7. The third-order valence-electron chi connectivity index (χ3n) is 6.54. The van der Waals surface area contributed by atoms with Gasteiger partial charge in [0, 0.05) is 48.6 Å². The standard InChI is InChI=1S/C29H40N2O6S/c1-20-26(19-38-16-15-32)36-29(37-28(20)23-12-10-22(18-33)11-13-23)24-7-6-8-25(17-24)31-27(35)9-4-3-5-14-30-21(2)34/h6-8,10-13,17,20,26,28-29,32-33H,3-5,9,14-16,18-19H2,1-2H3,(H,30,34)(H,31,35). The third-order valence-corrected chi connectivity index (χ3v) is 7.57. The van der Waals surface area contributed by atoms with Crippen LogP contribution in [0.3, 0.4) is 0 Å². The van der Waals surface area contributed by atoms with Gasteiger partial charge in [0.25, 0.3) is 0 Å². The summed E-state index contributed by atoms with van der Waals surface area (Å²) in [6, 6.07) is 15.3. The van der Waals surface area contributed by atoms with E-state index in [9.17, 15) is 19.8 Å². The van der Waals surface area contributed by atoms with Gasteiger partial charge in [-0.05, 0) is 36.1 Å². The zero-order chi connectivity index (χ0) is 27.3. The van der Waals surface area contributed by atoms with Crippen LogP contribution < -0.4 is 10.6 Å². The normalized spacial score (nSPS) is 21.2. The maximum atomic E-state index is 12.5. The number of thioether (sulfide) groups is 1. The van der Waals surface area contributed by atoms with Crippen molar-refractivity contribution in [3.63, 3.8) is 0 Å². The summed E-state index contributed by atoms with van der Waals surface area (Å²) in [4.78, 5) is 23.4. The summed E-state index contributed by atoms with van der Waals surface area (Å²) in [5, 5.41) is 24.4. The summed E-state index contributed by atoms with van der Waals surface area (Å²) in [6.07, 6.45) is 1.96. The molecule has 208 valence electrons. The van der Waals surface area contributed by atoms with Crippen LogP contribution in [-0.4, -0.2) is 52.8 Å². The Morgan fingerprint density at radius 1 is 1.00 bits per heavy atom. The summed E-state index contributed by atoms with van der Waals surface area (Å²) in [5.41, 5.74) is 3.37. The van der Waals surface area contributed by atoms with E-state index in [1.54, 1.807) is 11.8 Å². The first-order valence-corrected chi connectivity index (χ1v) is 14.4. The number of carbonyl (C=O) groups is 2. The molecule has 0 saturated carbocycles. The Bertz CT molecular complexity index is 1020. The lowest BCUT2D eigenvalue weighted by Gasteiger charge is -2.41. The molecule has 9 heteroatoms. The Balaban J connectivity index is 1.65. The molecule has 2 aromatic rings. The number of aliphatic hydroxyl groups excluding tert-OH is 2. The van der Waals surface area contributed by atoms with E-state index < -0.39 is 6.29 Å². The lowest BCUT2D eigenvalue weighted by Crippen LogP contribution is -2.38. The van der Waals surface area contributed by atoms with Crippen molar-refractivity contribution < 1.29 is 29.3 Å². The van der Waals surface area contributed by atoms with Crippen molar-refractivity contribution in [3.8, 4) is 0 Å². The Morgan fingerprint density at radius 2 is 1.79 bits per heavy atom. The molecule has 2 aromatic carbocycles. The van der Waals surface area contributed by atoms with E-state index >= 15 is 0 Å². The van der Waals surface area contributed by atoms with E-state index in [2.05, 4.69) is 17.6 Å². The van der Waals surface area contributed by atoms with E-state index in [0.29, 0.717) is 24.4 Å². The molecule has 8 nitrogen and oxygen atoms in total. The van der Waals surface area contributed by atoms with Crippen molar-refractivity contribution in [2.24, 2.45) is 5.92 Å². The van der Waals surface area contributed by atoms with Crippen LogP contribution in [0.4, 0.5) is 5.69 Å². The summed E-state index contributed by atoms with van der Waals surface area (Å²) < 4.78 is 12.9. The minimum atomic E-state index is -0.612. The van der Waals surface area contributed by atoms with Gasteiger partial charge in [-0.3, -0.25) is 9.59 Å². The number of nitrogens with one attached hydrogen (secondary N) is 2. The molecular weight excluding hydrogens is 504 g/mol. The molecule has 2 amide bonds. The molecule has 4 unspecified atom stereocenters. The van der Waals surface area contributed by atoms with Crippen LogP contribution in [0.25, 0.3) is 0 Å². The molecule has 0 radical (unpaired) electrons. The maximum absolute atomic E-state index is 12.5. The Hall–Kier alpha value is -2.43. The molecule has 1 heterocycles. The molecule has 1 fully saturated rings. The number of amides is 2. The fraction of sp³-hybridized carbons (Fsp3) is 0.517. The summed E-state index contributed by atoms with van der Waals surface area (Å²) in [6.45, 7) is 4.35. The predicted octanol–water partition coefficient (Wildman–Crippen LogP) is 4.33. The topological polar surface area (TPSA) is 117 Å². The molecule has 4 N–H and O–H groups in total. The lowest BCUT2D eigenvalue weighted by atomic mass is 9.91. The fourth-order valence-corrected chi connectivity index (χ4v) is 5.32. The monoisotopic (exact) mass is 544 g/mol. The summed E-state index contributed by atoms with van der Waals surface area (Å²) in [7, 11) is 0. The van der Waals surface area contributed by atoms with Gasteiger partial charge in [-0.25, -0.2) is 0 Å². The number of unbranched alkanes of at least 4 members (excludes halogenated alkanes) is 2. The zero-order valence-corrected chi connectivity index (χ0v) is 23.0. The van der Waals surface area contributed by atoms with Crippen LogP contribution in [0.15, 0.2) is 48.5 Å². The number of anilines is 1. The number of carbonyl (C=O) groups excluding carboxylic acids is 2. The minimum absolute atomic E-state index is 0.0108. The average Bonchev–Trinajstić information content (AvgIpc) is 2.91. The minimum Gasteiger partial charge on any atom is -0.396 e. The Kier molecular flexibility index (Phi) is 12.6. The Labute approximate surface area is 229 Å². The maximum Gasteiger partial charge on any atom is 0.224 e. The van der Waals surface area contributed by atoms with Gasteiger partial charge in [0.05, 0.1) is 25.4 Å². The number of benzene rings is 2. The first-order valence-electron chi connectivity index (χ1n) is 13.2. The van der Waals surface area contributed by atoms with E-state index in [-0.39, 0.29) is 43.2 Å². The zero-order valence-electron chi connectivity index (χ0n) is 22.2. The first-order chi connectivity index (χ1) is 18.4. The second-order valence-electron chi connectivity index (χ2n) is 9.59. The quantitative estimate of drug-likeness (QED) is 0.262. The van der Waals surface area contributed by atoms with E-state index in [1.807, 2.05) is 48.5 Å². The highest BCUT2D eigenvalue weighted by molar-refractivity contribution is 7.99. The summed E-state index contributed by atoms with van der Waals surface area (Å²) >= 11 is 1.65. The largest absolute Gasteiger partial charge is 0.396 e. The number of hydrogen-bond donors (Lipinski definition) is 4. The van der Waals surface area contributed by atoms with Crippen molar-refractivity contribution in [1.29, 1.82) is 0 Å².